The highest BCUT2D eigenvalue weighted by atomic mass is 16.5. The molecule has 0 amide bonds. The molecule has 0 aliphatic carbocycles. The van der Waals surface area contributed by atoms with Crippen LogP contribution in [0.1, 0.15) is 5.56 Å². The molecule has 1 heterocycles. The molecule has 0 fully saturated rings. The van der Waals surface area contributed by atoms with Crippen molar-refractivity contribution in [1.82, 2.24) is 9.97 Å². The van der Waals surface area contributed by atoms with Crippen molar-refractivity contribution in [2.75, 3.05) is 0 Å². The molecule has 18 heavy (non-hydrogen) atoms. The minimum Gasteiger partial charge on any atom is -0.457 e. The fourth-order valence-electron chi connectivity index (χ4n) is 1.81. The predicted molar refractivity (Wildman–Crippen MR) is 70.5 cm³/mol. The Hall–Kier alpha value is -2.33. The molecule has 0 unspecified atom stereocenters. The lowest BCUT2D eigenvalue weighted by atomic mass is 10.2. The van der Waals surface area contributed by atoms with E-state index in [1.54, 1.807) is 6.33 Å². The van der Waals surface area contributed by atoms with Gasteiger partial charge in [-0.15, -0.1) is 0 Å². The van der Waals surface area contributed by atoms with Gasteiger partial charge in [0.2, 0.25) is 0 Å². The third-order valence-electron chi connectivity index (χ3n) is 2.79. The van der Waals surface area contributed by atoms with Gasteiger partial charge < -0.3 is 15.5 Å². The number of H-pyrrole nitrogens is 1. The molecule has 0 saturated heterocycles. The number of fused-ring (bicyclic) bond motifs is 1. The number of benzene rings is 2. The van der Waals surface area contributed by atoms with E-state index >= 15 is 0 Å². The average Bonchev–Trinajstić information content (AvgIpc) is 2.87. The van der Waals surface area contributed by atoms with Gasteiger partial charge in [0.25, 0.3) is 0 Å². The lowest BCUT2D eigenvalue weighted by Gasteiger charge is -2.06. The molecular formula is C14H13N3O. The van der Waals surface area contributed by atoms with Gasteiger partial charge in [0.15, 0.2) is 0 Å². The summed E-state index contributed by atoms with van der Waals surface area (Å²) in [5.41, 5.74) is 8.54. The van der Waals surface area contributed by atoms with Crippen LogP contribution in [-0.4, -0.2) is 9.97 Å². The van der Waals surface area contributed by atoms with E-state index in [9.17, 15) is 0 Å². The molecule has 0 bridgehead atoms. The van der Waals surface area contributed by atoms with Gasteiger partial charge in [-0.05, 0) is 29.8 Å². The standard InChI is InChI=1S/C14H13N3O/c15-8-10-1-3-11(4-2-10)18-12-5-6-13-14(7-12)17-9-16-13/h1-7,9H,8,15H2,(H,16,17). The van der Waals surface area contributed by atoms with Crippen LogP contribution in [0.4, 0.5) is 0 Å². The molecule has 1 aromatic heterocycles. The minimum absolute atomic E-state index is 0.542. The van der Waals surface area contributed by atoms with Crippen LogP contribution in [0.15, 0.2) is 48.8 Å². The van der Waals surface area contributed by atoms with Gasteiger partial charge in [-0.2, -0.15) is 0 Å². The lowest BCUT2D eigenvalue weighted by Crippen LogP contribution is -1.95. The van der Waals surface area contributed by atoms with Gasteiger partial charge in [-0.1, -0.05) is 12.1 Å². The van der Waals surface area contributed by atoms with Crippen molar-refractivity contribution in [2.24, 2.45) is 5.73 Å². The average molecular weight is 239 g/mol. The van der Waals surface area contributed by atoms with Crippen LogP contribution in [0.2, 0.25) is 0 Å². The summed E-state index contributed by atoms with van der Waals surface area (Å²) in [6, 6.07) is 13.5. The zero-order chi connectivity index (χ0) is 12.4. The Labute approximate surface area is 104 Å². The third kappa shape index (κ3) is 2.06. The molecule has 0 spiro atoms. The van der Waals surface area contributed by atoms with E-state index in [-0.39, 0.29) is 0 Å². The molecule has 0 atom stereocenters. The number of nitrogens with two attached hydrogens (primary N) is 1. The highest BCUT2D eigenvalue weighted by Gasteiger charge is 2.01. The Morgan fingerprint density at radius 1 is 1.06 bits per heavy atom. The molecule has 2 aromatic carbocycles. The van der Waals surface area contributed by atoms with E-state index in [0.717, 1.165) is 28.1 Å². The van der Waals surface area contributed by atoms with Gasteiger partial charge in [-0.3, -0.25) is 0 Å². The van der Waals surface area contributed by atoms with E-state index < -0.39 is 0 Å². The zero-order valence-corrected chi connectivity index (χ0v) is 9.76. The first kappa shape index (κ1) is 10.8. The number of hydrogen-bond donors (Lipinski definition) is 2. The van der Waals surface area contributed by atoms with Crippen molar-refractivity contribution in [3.63, 3.8) is 0 Å². The molecular weight excluding hydrogens is 226 g/mol. The number of nitrogens with zero attached hydrogens (tertiary/aromatic N) is 1. The Morgan fingerprint density at radius 2 is 1.83 bits per heavy atom. The normalized spacial score (nSPS) is 10.7. The molecule has 4 nitrogen and oxygen atoms in total. The minimum atomic E-state index is 0.542. The van der Waals surface area contributed by atoms with Crippen molar-refractivity contribution in [1.29, 1.82) is 0 Å². The van der Waals surface area contributed by atoms with E-state index in [2.05, 4.69) is 9.97 Å². The van der Waals surface area contributed by atoms with E-state index in [4.69, 9.17) is 10.5 Å². The maximum atomic E-state index is 5.77. The summed E-state index contributed by atoms with van der Waals surface area (Å²) in [5.74, 6) is 1.58. The van der Waals surface area contributed by atoms with Crippen molar-refractivity contribution in [3.8, 4) is 11.5 Å². The Bertz CT molecular complexity index is 658. The lowest BCUT2D eigenvalue weighted by molar-refractivity contribution is 0.483. The molecule has 3 N–H and O–H groups in total. The van der Waals surface area contributed by atoms with E-state index in [1.165, 1.54) is 0 Å². The van der Waals surface area contributed by atoms with Crippen LogP contribution >= 0.6 is 0 Å². The fraction of sp³-hybridized carbons (Fsp3) is 0.0714. The molecule has 0 radical (unpaired) electrons. The number of rotatable bonds is 3. The summed E-state index contributed by atoms with van der Waals surface area (Å²) in [6.45, 7) is 0.542. The molecule has 0 saturated carbocycles. The molecule has 0 aliphatic heterocycles. The summed E-state index contributed by atoms with van der Waals surface area (Å²) in [4.78, 5) is 7.22. The fourth-order valence-corrected chi connectivity index (χ4v) is 1.81. The SMILES string of the molecule is NCc1ccc(Oc2ccc3nc[nH]c3c2)cc1. The number of aromatic amines is 1. The summed E-state index contributed by atoms with van der Waals surface area (Å²) in [5, 5.41) is 0. The quantitative estimate of drug-likeness (QED) is 0.738. The van der Waals surface area contributed by atoms with Crippen molar-refractivity contribution in [2.45, 2.75) is 6.54 Å². The molecule has 4 heteroatoms. The Morgan fingerprint density at radius 3 is 2.61 bits per heavy atom. The van der Waals surface area contributed by atoms with E-state index in [1.807, 2.05) is 42.5 Å². The number of aromatic nitrogens is 2. The number of ether oxygens (including phenoxy) is 1. The Balaban J connectivity index is 1.85. The summed E-state index contributed by atoms with van der Waals surface area (Å²) in [7, 11) is 0. The summed E-state index contributed by atoms with van der Waals surface area (Å²) in [6.07, 6.45) is 1.67. The zero-order valence-electron chi connectivity index (χ0n) is 9.76. The van der Waals surface area contributed by atoms with Crippen LogP contribution in [0.25, 0.3) is 11.0 Å². The van der Waals surface area contributed by atoms with Gasteiger partial charge in [0, 0.05) is 12.6 Å². The highest BCUT2D eigenvalue weighted by Crippen LogP contribution is 2.24. The van der Waals surface area contributed by atoms with Gasteiger partial charge in [-0.25, -0.2) is 4.98 Å². The monoisotopic (exact) mass is 239 g/mol. The van der Waals surface area contributed by atoms with Gasteiger partial charge >= 0.3 is 0 Å². The maximum absolute atomic E-state index is 5.77. The van der Waals surface area contributed by atoms with Gasteiger partial charge in [0.1, 0.15) is 11.5 Å². The second-order valence-corrected chi connectivity index (χ2v) is 4.03. The number of nitrogens with one attached hydrogen (secondary N) is 1. The maximum Gasteiger partial charge on any atom is 0.129 e. The molecule has 3 rings (SSSR count). The summed E-state index contributed by atoms with van der Waals surface area (Å²) < 4.78 is 5.77. The van der Waals surface area contributed by atoms with Crippen LogP contribution in [0.3, 0.4) is 0 Å². The smallest absolute Gasteiger partial charge is 0.129 e. The molecule has 3 aromatic rings. The first-order valence-corrected chi connectivity index (χ1v) is 5.75. The number of hydrogen-bond acceptors (Lipinski definition) is 3. The second-order valence-electron chi connectivity index (χ2n) is 4.03. The first-order valence-electron chi connectivity index (χ1n) is 5.75. The first-order chi connectivity index (χ1) is 8.85. The van der Waals surface area contributed by atoms with Crippen LogP contribution in [0.5, 0.6) is 11.5 Å². The number of imidazole rings is 1. The Kier molecular flexibility index (Phi) is 2.70. The van der Waals surface area contributed by atoms with Gasteiger partial charge in [0.05, 0.1) is 17.4 Å². The van der Waals surface area contributed by atoms with Crippen LogP contribution in [0, 0.1) is 0 Å². The third-order valence-corrected chi connectivity index (χ3v) is 2.79. The van der Waals surface area contributed by atoms with Crippen LogP contribution < -0.4 is 10.5 Å². The predicted octanol–water partition coefficient (Wildman–Crippen LogP) is 2.81. The molecule has 0 aliphatic rings. The van der Waals surface area contributed by atoms with Crippen molar-refractivity contribution >= 4 is 11.0 Å². The van der Waals surface area contributed by atoms with Crippen molar-refractivity contribution in [3.05, 3.63) is 54.4 Å². The topological polar surface area (TPSA) is 63.9 Å². The second kappa shape index (κ2) is 4.50. The molecule has 90 valence electrons. The van der Waals surface area contributed by atoms with Crippen molar-refractivity contribution < 1.29 is 4.74 Å². The summed E-state index contributed by atoms with van der Waals surface area (Å²) >= 11 is 0. The van der Waals surface area contributed by atoms with E-state index in [0.29, 0.717) is 6.54 Å². The largest absolute Gasteiger partial charge is 0.457 e. The van der Waals surface area contributed by atoms with Crippen LogP contribution in [-0.2, 0) is 6.54 Å². The highest BCUT2D eigenvalue weighted by molar-refractivity contribution is 5.76.